The number of carbonyl (C=O) groups excluding carboxylic acids is 1. The Morgan fingerprint density at radius 1 is 1.50 bits per heavy atom. The molecule has 5 nitrogen and oxygen atoms in total. The lowest BCUT2D eigenvalue weighted by Crippen LogP contribution is -2.51. The fourth-order valence-electron chi connectivity index (χ4n) is 3.20. The van der Waals surface area contributed by atoms with Crippen LogP contribution in [0.3, 0.4) is 0 Å². The Labute approximate surface area is 135 Å². The minimum Gasteiger partial charge on any atom is -0.464 e. The third-order valence-electron chi connectivity index (χ3n) is 4.43. The summed E-state index contributed by atoms with van der Waals surface area (Å²) in [5, 5.41) is 6.04. The summed E-state index contributed by atoms with van der Waals surface area (Å²) in [5.74, 6) is 3.85. The average molecular weight is 324 g/mol. The normalized spacial score (nSPS) is 29.5. The molecule has 1 aromatic heterocycles. The molecule has 0 saturated carbocycles. The number of hydrogen-bond acceptors (Lipinski definition) is 4. The predicted octanol–water partition coefficient (Wildman–Crippen LogP) is 3.00. The first kappa shape index (κ1) is 15.7. The Morgan fingerprint density at radius 2 is 2.36 bits per heavy atom. The number of rotatable bonds is 3. The Balaban J connectivity index is 1.51. The number of amides is 2. The molecule has 1 aromatic rings. The summed E-state index contributed by atoms with van der Waals surface area (Å²) in [6, 6.07) is 3.74. The van der Waals surface area contributed by atoms with Crippen molar-refractivity contribution in [3.8, 4) is 0 Å². The molecule has 0 aliphatic carbocycles. The fraction of sp³-hybridized carbons (Fsp3) is 0.688. The molecule has 2 N–H and O–H groups in total. The molecule has 0 radical (unpaired) electrons. The van der Waals surface area contributed by atoms with Gasteiger partial charge in [-0.1, -0.05) is 0 Å². The highest BCUT2D eigenvalue weighted by atomic mass is 32.2. The molecule has 2 aliphatic rings. The highest BCUT2D eigenvalue weighted by Gasteiger charge is 2.40. The minimum absolute atomic E-state index is 0.00932. The van der Waals surface area contributed by atoms with Gasteiger partial charge in [-0.25, -0.2) is 4.79 Å². The number of urea groups is 1. The van der Waals surface area contributed by atoms with Gasteiger partial charge >= 0.3 is 6.03 Å². The molecule has 3 unspecified atom stereocenters. The van der Waals surface area contributed by atoms with E-state index in [0.717, 1.165) is 48.9 Å². The number of hydrogen-bond donors (Lipinski definition) is 2. The summed E-state index contributed by atoms with van der Waals surface area (Å²) in [4.78, 5) is 12.2. The monoisotopic (exact) mass is 324 g/mol. The predicted molar refractivity (Wildman–Crippen MR) is 87.2 cm³/mol. The lowest BCUT2D eigenvalue weighted by atomic mass is 9.90. The van der Waals surface area contributed by atoms with Gasteiger partial charge in [0.1, 0.15) is 11.5 Å². The van der Waals surface area contributed by atoms with E-state index in [1.165, 1.54) is 0 Å². The van der Waals surface area contributed by atoms with Crippen LogP contribution in [-0.2, 0) is 4.74 Å². The van der Waals surface area contributed by atoms with Crippen molar-refractivity contribution < 1.29 is 13.9 Å². The quantitative estimate of drug-likeness (QED) is 0.897. The number of aryl methyl sites for hydroxylation is 1. The van der Waals surface area contributed by atoms with Gasteiger partial charge in [-0.2, -0.15) is 11.8 Å². The number of carbonyl (C=O) groups is 1. The van der Waals surface area contributed by atoms with Gasteiger partial charge in [0.05, 0.1) is 11.6 Å². The molecule has 22 heavy (non-hydrogen) atoms. The van der Waals surface area contributed by atoms with Crippen molar-refractivity contribution in [3.63, 3.8) is 0 Å². The fourth-order valence-corrected chi connectivity index (χ4v) is 4.57. The van der Waals surface area contributed by atoms with Crippen LogP contribution in [0.1, 0.15) is 43.7 Å². The Morgan fingerprint density at radius 3 is 3.05 bits per heavy atom. The summed E-state index contributed by atoms with van der Waals surface area (Å²) in [6.07, 6.45) is 2.90. The van der Waals surface area contributed by atoms with Crippen molar-refractivity contribution in [1.29, 1.82) is 0 Å². The van der Waals surface area contributed by atoms with E-state index in [2.05, 4.69) is 10.6 Å². The highest BCUT2D eigenvalue weighted by molar-refractivity contribution is 7.99. The third-order valence-corrected chi connectivity index (χ3v) is 5.65. The van der Waals surface area contributed by atoms with Crippen LogP contribution in [0.2, 0.25) is 0 Å². The van der Waals surface area contributed by atoms with Crippen molar-refractivity contribution in [2.45, 2.75) is 50.8 Å². The Hall–Kier alpha value is -1.14. The first-order valence-corrected chi connectivity index (χ1v) is 9.07. The zero-order valence-electron chi connectivity index (χ0n) is 13.2. The molecule has 3 heterocycles. The molecule has 2 amide bonds. The van der Waals surface area contributed by atoms with Crippen LogP contribution in [-0.4, -0.2) is 35.8 Å². The van der Waals surface area contributed by atoms with Crippen molar-refractivity contribution in [2.24, 2.45) is 0 Å². The number of furan rings is 1. The van der Waals surface area contributed by atoms with Crippen LogP contribution in [0.5, 0.6) is 0 Å². The zero-order valence-corrected chi connectivity index (χ0v) is 14.0. The number of thioether (sulfide) groups is 1. The summed E-state index contributed by atoms with van der Waals surface area (Å²) in [6.45, 7) is 4.56. The van der Waals surface area contributed by atoms with Gasteiger partial charge in [-0.3, -0.25) is 0 Å². The van der Waals surface area contributed by atoms with E-state index in [0.29, 0.717) is 0 Å². The SMILES string of the molecule is Cc1ccc(C(C)NC(=O)NC2CCOC3(CCSC3)C2)o1. The molecular weight excluding hydrogens is 300 g/mol. The summed E-state index contributed by atoms with van der Waals surface area (Å²) < 4.78 is 11.5. The summed E-state index contributed by atoms with van der Waals surface area (Å²) in [7, 11) is 0. The molecule has 2 fully saturated rings. The van der Waals surface area contributed by atoms with E-state index >= 15 is 0 Å². The molecule has 3 rings (SSSR count). The molecule has 122 valence electrons. The lowest BCUT2D eigenvalue weighted by Gasteiger charge is -2.38. The second-order valence-electron chi connectivity index (χ2n) is 6.31. The van der Waals surface area contributed by atoms with Gasteiger partial charge in [-0.05, 0) is 51.0 Å². The Bertz CT molecular complexity index is 525. The standard InChI is InChI=1S/C16H24N2O3S/c1-11-3-4-14(21-11)12(2)17-15(19)18-13-5-7-20-16(9-13)6-8-22-10-16/h3-4,12-13H,5-10H2,1-2H3,(H2,17,18,19). The van der Waals surface area contributed by atoms with Gasteiger partial charge in [0.2, 0.25) is 0 Å². The Kier molecular flexibility index (Phi) is 4.68. The smallest absolute Gasteiger partial charge is 0.315 e. The van der Waals surface area contributed by atoms with Crippen LogP contribution >= 0.6 is 11.8 Å². The number of nitrogens with one attached hydrogen (secondary N) is 2. The molecular formula is C16H24N2O3S. The highest BCUT2D eigenvalue weighted by Crippen LogP contribution is 2.38. The van der Waals surface area contributed by atoms with Crippen LogP contribution in [0.25, 0.3) is 0 Å². The van der Waals surface area contributed by atoms with Gasteiger partial charge in [0.15, 0.2) is 0 Å². The molecule has 0 aromatic carbocycles. The van der Waals surface area contributed by atoms with E-state index in [1.54, 1.807) is 0 Å². The van der Waals surface area contributed by atoms with Gasteiger partial charge < -0.3 is 19.8 Å². The largest absolute Gasteiger partial charge is 0.464 e. The van der Waals surface area contributed by atoms with Gasteiger partial charge in [0.25, 0.3) is 0 Å². The van der Waals surface area contributed by atoms with Gasteiger partial charge in [0, 0.05) is 18.4 Å². The summed E-state index contributed by atoms with van der Waals surface area (Å²) >= 11 is 1.94. The maximum absolute atomic E-state index is 12.2. The van der Waals surface area contributed by atoms with Crippen molar-refractivity contribution in [3.05, 3.63) is 23.7 Å². The van der Waals surface area contributed by atoms with Crippen LogP contribution in [0.15, 0.2) is 16.5 Å². The average Bonchev–Trinajstić information content (AvgIpc) is 3.08. The zero-order chi connectivity index (χ0) is 15.6. The van der Waals surface area contributed by atoms with Crippen LogP contribution in [0.4, 0.5) is 4.79 Å². The number of ether oxygens (including phenoxy) is 1. The van der Waals surface area contributed by atoms with Crippen molar-refractivity contribution in [2.75, 3.05) is 18.1 Å². The molecule has 3 atom stereocenters. The summed E-state index contributed by atoms with van der Waals surface area (Å²) in [5.41, 5.74) is -0.00932. The van der Waals surface area contributed by atoms with E-state index in [4.69, 9.17) is 9.15 Å². The molecule has 6 heteroatoms. The maximum atomic E-state index is 12.2. The van der Waals surface area contributed by atoms with E-state index in [1.807, 2.05) is 37.7 Å². The first-order chi connectivity index (χ1) is 10.6. The van der Waals surface area contributed by atoms with Crippen LogP contribution in [0, 0.1) is 6.92 Å². The molecule has 2 aliphatic heterocycles. The second-order valence-corrected chi connectivity index (χ2v) is 7.42. The first-order valence-electron chi connectivity index (χ1n) is 7.91. The molecule has 2 saturated heterocycles. The topological polar surface area (TPSA) is 63.5 Å². The van der Waals surface area contributed by atoms with E-state index in [-0.39, 0.29) is 23.7 Å². The maximum Gasteiger partial charge on any atom is 0.315 e. The lowest BCUT2D eigenvalue weighted by molar-refractivity contribution is -0.0684. The molecule has 0 bridgehead atoms. The second kappa shape index (κ2) is 6.54. The van der Waals surface area contributed by atoms with Crippen molar-refractivity contribution >= 4 is 17.8 Å². The van der Waals surface area contributed by atoms with Crippen LogP contribution < -0.4 is 10.6 Å². The van der Waals surface area contributed by atoms with Gasteiger partial charge in [-0.15, -0.1) is 0 Å². The minimum atomic E-state index is -0.135. The van der Waals surface area contributed by atoms with E-state index in [9.17, 15) is 4.79 Å². The van der Waals surface area contributed by atoms with Crippen molar-refractivity contribution in [1.82, 2.24) is 10.6 Å². The van der Waals surface area contributed by atoms with E-state index < -0.39 is 0 Å². The third kappa shape index (κ3) is 3.60. The molecule has 1 spiro atoms.